The Balaban J connectivity index is 2.43. The summed E-state index contributed by atoms with van der Waals surface area (Å²) < 4.78 is 1.02. The molecule has 0 saturated heterocycles. The van der Waals surface area contributed by atoms with Crippen molar-refractivity contribution in [1.82, 2.24) is 5.32 Å². The van der Waals surface area contributed by atoms with Gasteiger partial charge in [-0.25, -0.2) is 0 Å². The highest BCUT2D eigenvalue weighted by Gasteiger charge is 2.31. The van der Waals surface area contributed by atoms with Crippen LogP contribution in [0, 0.1) is 0 Å². The Hall–Kier alpha value is -1.06. The van der Waals surface area contributed by atoms with Crippen molar-refractivity contribution < 1.29 is 5.11 Å². The van der Waals surface area contributed by atoms with Crippen molar-refractivity contribution in [3.8, 4) is 0 Å². The summed E-state index contributed by atoms with van der Waals surface area (Å²) in [6, 6.07) is 7.83. The molecule has 78 valence electrons. The molecule has 0 fully saturated rings. The van der Waals surface area contributed by atoms with E-state index in [1.165, 1.54) is 0 Å². The molecule has 3 heteroatoms. The molecule has 0 radical (unpaired) electrons. The molecule has 0 bridgehead atoms. The lowest BCUT2D eigenvalue weighted by Gasteiger charge is -2.22. The van der Waals surface area contributed by atoms with E-state index < -0.39 is 5.72 Å². The molecule has 0 saturated carbocycles. The second-order valence-electron chi connectivity index (χ2n) is 3.79. The Labute approximate surface area is 97.4 Å². The van der Waals surface area contributed by atoms with Crippen molar-refractivity contribution in [2.45, 2.75) is 12.6 Å². The SMILES string of the molecule is C=C1C=C(c2ccc(Br)cc2)C(C)(O)N1. The van der Waals surface area contributed by atoms with Gasteiger partial charge in [0, 0.05) is 15.7 Å². The first-order valence-electron chi connectivity index (χ1n) is 4.66. The van der Waals surface area contributed by atoms with Crippen LogP contribution in [0.3, 0.4) is 0 Å². The average molecular weight is 266 g/mol. The van der Waals surface area contributed by atoms with Gasteiger partial charge < -0.3 is 10.4 Å². The van der Waals surface area contributed by atoms with Crippen LogP contribution in [-0.2, 0) is 0 Å². The molecule has 1 aromatic rings. The van der Waals surface area contributed by atoms with Gasteiger partial charge in [-0.1, -0.05) is 34.6 Å². The van der Waals surface area contributed by atoms with Crippen molar-refractivity contribution in [1.29, 1.82) is 0 Å². The summed E-state index contributed by atoms with van der Waals surface area (Å²) in [5.41, 5.74) is 1.55. The fourth-order valence-corrected chi connectivity index (χ4v) is 1.99. The largest absolute Gasteiger partial charge is 0.367 e. The molecule has 0 aromatic heterocycles. The highest BCUT2D eigenvalue weighted by atomic mass is 79.9. The zero-order valence-electron chi connectivity index (χ0n) is 8.42. The number of allylic oxidation sites excluding steroid dienone is 1. The van der Waals surface area contributed by atoms with Crippen molar-refractivity contribution in [3.05, 3.63) is 52.7 Å². The van der Waals surface area contributed by atoms with Crippen LogP contribution in [0.1, 0.15) is 12.5 Å². The molecule has 1 aliphatic rings. The Kier molecular flexibility index (Phi) is 2.44. The fraction of sp³-hybridized carbons (Fsp3) is 0.167. The summed E-state index contributed by atoms with van der Waals surface area (Å²) in [5.74, 6) is 0. The van der Waals surface area contributed by atoms with Gasteiger partial charge in [0.2, 0.25) is 0 Å². The molecule has 1 heterocycles. The maximum absolute atomic E-state index is 10.1. The molecule has 1 aliphatic heterocycles. The fourth-order valence-electron chi connectivity index (χ4n) is 1.72. The number of halogens is 1. The second kappa shape index (κ2) is 3.51. The Morgan fingerprint density at radius 1 is 1.33 bits per heavy atom. The molecule has 0 aliphatic carbocycles. The normalized spacial score (nSPS) is 25.0. The molecule has 2 rings (SSSR count). The van der Waals surface area contributed by atoms with E-state index in [-0.39, 0.29) is 0 Å². The van der Waals surface area contributed by atoms with Crippen molar-refractivity contribution >= 4 is 21.5 Å². The minimum atomic E-state index is -1.02. The van der Waals surface area contributed by atoms with E-state index in [1.807, 2.05) is 30.3 Å². The van der Waals surface area contributed by atoms with Crippen LogP contribution in [-0.4, -0.2) is 10.8 Å². The summed E-state index contributed by atoms with van der Waals surface area (Å²) in [5, 5.41) is 13.0. The van der Waals surface area contributed by atoms with Crippen LogP contribution in [0.15, 0.2) is 47.1 Å². The van der Waals surface area contributed by atoms with Crippen molar-refractivity contribution in [2.24, 2.45) is 0 Å². The summed E-state index contributed by atoms with van der Waals surface area (Å²) in [7, 11) is 0. The maximum atomic E-state index is 10.1. The van der Waals surface area contributed by atoms with Crippen molar-refractivity contribution in [3.63, 3.8) is 0 Å². The van der Waals surface area contributed by atoms with Gasteiger partial charge in [0.15, 0.2) is 5.72 Å². The van der Waals surface area contributed by atoms with Crippen LogP contribution in [0.2, 0.25) is 0 Å². The van der Waals surface area contributed by atoms with E-state index >= 15 is 0 Å². The lowest BCUT2D eigenvalue weighted by atomic mass is 9.99. The second-order valence-corrected chi connectivity index (χ2v) is 4.70. The van der Waals surface area contributed by atoms with E-state index in [1.54, 1.807) is 6.92 Å². The highest BCUT2D eigenvalue weighted by Crippen LogP contribution is 2.32. The molecular formula is C12H12BrNO. The molecule has 0 spiro atoms. The maximum Gasteiger partial charge on any atom is 0.159 e. The van der Waals surface area contributed by atoms with Gasteiger partial charge >= 0.3 is 0 Å². The summed E-state index contributed by atoms with van der Waals surface area (Å²) >= 11 is 3.38. The first kappa shape index (κ1) is 10.5. The number of aliphatic hydroxyl groups is 1. The number of hydrogen-bond acceptors (Lipinski definition) is 2. The Morgan fingerprint density at radius 2 is 1.93 bits per heavy atom. The van der Waals surface area contributed by atoms with Gasteiger partial charge in [-0.2, -0.15) is 0 Å². The first-order chi connectivity index (χ1) is 6.99. The van der Waals surface area contributed by atoms with E-state index in [4.69, 9.17) is 0 Å². The molecule has 1 atom stereocenters. The third-order valence-electron chi connectivity index (χ3n) is 2.40. The van der Waals surface area contributed by atoms with Gasteiger partial charge in [-0.3, -0.25) is 0 Å². The van der Waals surface area contributed by atoms with E-state index in [9.17, 15) is 5.11 Å². The Bertz CT molecular complexity index is 431. The van der Waals surface area contributed by atoms with E-state index in [0.29, 0.717) is 0 Å². The predicted octanol–water partition coefficient (Wildman–Crippen LogP) is 2.66. The smallest absolute Gasteiger partial charge is 0.159 e. The molecule has 2 nitrogen and oxygen atoms in total. The topological polar surface area (TPSA) is 32.3 Å². The van der Waals surface area contributed by atoms with Crippen LogP contribution in [0.5, 0.6) is 0 Å². The number of rotatable bonds is 1. The quantitative estimate of drug-likeness (QED) is 0.819. The highest BCUT2D eigenvalue weighted by molar-refractivity contribution is 9.10. The standard InChI is InChI=1S/C12H12BrNO/c1-8-7-11(12(2,15)14-8)9-3-5-10(13)6-4-9/h3-7,14-15H,1H2,2H3. The van der Waals surface area contributed by atoms with Crippen LogP contribution in [0.25, 0.3) is 5.57 Å². The van der Waals surface area contributed by atoms with Crippen LogP contribution in [0.4, 0.5) is 0 Å². The van der Waals surface area contributed by atoms with Gasteiger partial charge in [0.1, 0.15) is 0 Å². The number of benzene rings is 1. The summed E-state index contributed by atoms with van der Waals surface area (Å²) in [4.78, 5) is 0. The lowest BCUT2D eigenvalue weighted by molar-refractivity contribution is 0.104. The van der Waals surface area contributed by atoms with Crippen LogP contribution < -0.4 is 5.32 Å². The van der Waals surface area contributed by atoms with Crippen molar-refractivity contribution in [2.75, 3.05) is 0 Å². The molecular weight excluding hydrogens is 254 g/mol. The summed E-state index contributed by atoms with van der Waals surface area (Å²) in [6.45, 7) is 5.51. The van der Waals surface area contributed by atoms with Gasteiger partial charge in [0.05, 0.1) is 0 Å². The van der Waals surface area contributed by atoms with E-state index in [2.05, 4.69) is 27.8 Å². The molecule has 1 unspecified atom stereocenters. The van der Waals surface area contributed by atoms with Gasteiger partial charge in [-0.05, 0) is 30.7 Å². The zero-order chi connectivity index (χ0) is 11.1. The third kappa shape index (κ3) is 1.98. The number of nitrogens with one attached hydrogen (secondary N) is 1. The molecule has 0 amide bonds. The van der Waals surface area contributed by atoms with E-state index in [0.717, 1.165) is 21.3 Å². The Morgan fingerprint density at radius 3 is 2.40 bits per heavy atom. The molecule has 2 N–H and O–H groups in total. The van der Waals surface area contributed by atoms with Gasteiger partial charge in [-0.15, -0.1) is 0 Å². The average Bonchev–Trinajstić information content (AvgIpc) is 2.41. The molecule has 15 heavy (non-hydrogen) atoms. The minimum Gasteiger partial charge on any atom is -0.367 e. The zero-order valence-corrected chi connectivity index (χ0v) is 10.0. The first-order valence-corrected chi connectivity index (χ1v) is 5.46. The lowest BCUT2D eigenvalue weighted by Crippen LogP contribution is -2.37. The minimum absolute atomic E-state index is 0.734. The van der Waals surface area contributed by atoms with Gasteiger partial charge in [0.25, 0.3) is 0 Å². The third-order valence-corrected chi connectivity index (χ3v) is 2.93. The molecule has 1 aromatic carbocycles. The number of hydrogen-bond donors (Lipinski definition) is 2. The van der Waals surface area contributed by atoms with Crippen LogP contribution >= 0.6 is 15.9 Å². The monoisotopic (exact) mass is 265 g/mol. The summed E-state index contributed by atoms with van der Waals surface area (Å²) in [6.07, 6.45) is 1.86. The predicted molar refractivity (Wildman–Crippen MR) is 65.0 cm³/mol.